The molecule has 0 saturated carbocycles. The SMILES string of the molecule is O=C(NCC[C@@H](O)c1ccco1)C(=O)NCc1ccc2c(c1)OCO2. The molecule has 0 aliphatic carbocycles. The van der Waals surface area contributed by atoms with Gasteiger partial charge in [-0.15, -0.1) is 0 Å². The van der Waals surface area contributed by atoms with Gasteiger partial charge in [-0.2, -0.15) is 0 Å². The molecule has 0 unspecified atom stereocenters. The van der Waals surface area contributed by atoms with Gasteiger partial charge in [0.2, 0.25) is 6.79 Å². The van der Waals surface area contributed by atoms with Crippen molar-refractivity contribution in [3.63, 3.8) is 0 Å². The van der Waals surface area contributed by atoms with Gasteiger partial charge in [0.05, 0.1) is 6.26 Å². The predicted octanol–water partition coefficient (Wildman–Crippen LogP) is 0.864. The first-order chi connectivity index (χ1) is 12.1. The fraction of sp³-hybridized carbons (Fsp3) is 0.294. The first-order valence-corrected chi connectivity index (χ1v) is 7.79. The number of fused-ring (bicyclic) bond motifs is 1. The molecule has 132 valence electrons. The molecule has 0 bridgehead atoms. The van der Waals surface area contributed by atoms with E-state index in [0.29, 0.717) is 17.3 Å². The van der Waals surface area contributed by atoms with Gasteiger partial charge in [-0.1, -0.05) is 6.07 Å². The summed E-state index contributed by atoms with van der Waals surface area (Å²) < 4.78 is 15.5. The molecular weight excluding hydrogens is 328 g/mol. The molecule has 3 rings (SSSR count). The number of hydrogen-bond acceptors (Lipinski definition) is 6. The molecule has 25 heavy (non-hydrogen) atoms. The molecule has 1 atom stereocenters. The number of aliphatic hydroxyl groups is 1. The summed E-state index contributed by atoms with van der Waals surface area (Å²) in [6.45, 7) is 0.521. The van der Waals surface area contributed by atoms with E-state index in [1.807, 2.05) is 0 Å². The summed E-state index contributed by atoms with van der Waals surface area (Å²) >= 11 is 0. The van der Waals surface area contributed by atoms with Crippen molar-refractivity contribution in [2.24, 2.45) is 0 Å². The maximum absolute atomic E-state index is 11.8. The monoisotopic (exact) mass is 346 g/mol. The quantitative estimate of drug-likeness (QED) is 0.670. The van der Waals surface area contributed by atoms with E-state index in [4.69, 9.17) is 13.9 Å². The van der Waals surface area contributed by atoms with E-state index >= 15 is 0 Å². The van der Waals surface area contributed by atoms with Gasteiger partial charge >= 0.3 is 11.8 Å². The third-order valence-electron chi connectivity index (χ3n) is 3.67. The molecule has 0 radical (unpaired) electrons. The zero-order valence-electron chi connectivity index (χ0n) is 13.4. The standard InChI is InChI=1S/C17H18N2O6/c20-12(13-2-1-7-23-13)5-6-18-16(21)17(22)19-9-11-3-4-14-15(8-11)25-10-24-14/h1-4,7-8,12,20H,5-6,9-10H2,(H,18,21)(H,19,22)/t12-/m1/s1. The van der Waals surface area contributed by atoms with Gasteiger partial charge in [0, 0.05) is 13.1 Å². The molecule has 0 spiro atoms. The maximum Gasteiger partial charge on any atom is 0.309 e. The van der Waals surface area contributed by atoms with Crippen LogP contribution in [-0.4, -0.2) is 30.3 Å². The minimum absolute atomic E-state index is 0.151. The van der Waals surface area contributed by atoms with Crippen LogP contribution in [0.15, 0.2) is 41.0 Å². The highest BCUT2D eigenvalue weighted by Gasteiger charge is 2.16. The summed E-state index contributed by atoms with van der Waals surface area (Å²) in [5.74, 6) is 0.185. The molecule has 8 nitrogen and oxygen atoms in total. The molecule has 1 aromatic heterocycles. The Hall–Kier alpha value is -3.00. The smallest absolute Gasteiger partial charge is 0.309 e. The van der Waals surface area contributed by atoms with Crippen LogP contribution in [0.1, 0.15) is 23.8 Å². The number of carbonyl (C=O) groups is 2. The summed E-state index contributed by atoms with van der Waals surface area (Å²) in [4.78, 5) is 23.5. The Morgan fingerprint density at radius 2 is 1.92 bits per heavy atom. The molecule has 1 aliphatic heterocycles. The Morgan fingerprint density at radius 3 is 2.72 bits per heavy atom. The number of benzene rings is 1. The minimum Gasteiger partial charge on any atom is -0.467 e. The van der Waals surface area contributed by atoms with Crippen molar-refractivity contribution in [1.29, 1.82) is 0 Å². The molecular formula is C17H18N2O6. The second kappa shape index (κ2) is 7.71. The van der Waals surface area contributed by atoms with Crippen LogP contribution in [0.25, 0.3) is 0 Å². The lowest BCUT2D eigenvalue weighted by Gasteiger charge is -2.09. The molecule has 0 saturated heterocycles. The van der Waals surface area contributed by atoms with E-state index < -0.39 is 17.9 Å². The van der Waals surface area contributed by atoms with Crippen LogP contribution in [0.4, 0.5) is 0 Å². The van der Waals surface area contributed by atoms with E-state index in [1.54, 1.807) is 30.3 Å². The Bertz CT molecular complexity index is 744. The van der Waals surface area contributed by atoms with Gasteiger partial charge in [-0.3, -0.25) is 9.59 Å². The van der Waals surface area contributed by atoms with Crippen molar-refractivity contribution < 1.29 is 28.6 Å². The van der Waals surface area contributed by atoms with Crippen LogP contribution >= 0.6 is 0 Å². The topological polar surface area (TPSA) is 110 Å². The summed E-state index contributed by atoms with van der Waals surface area (Å²) in [7, 11) is 0. The Kier molecular flexibility index (Phi) is 5.20. The van der Waals surface area contributed by atoms with Gasteiger partial charge in [-0.25, -0.2) is 0 Å². The molecule has 2 amide bonds. The third-order valence-corrected chi connectivity index (χ3v) is 3.67. The molecule has 0 fully saturated rings. The zero-order valence-corrected chi connectivity index (χ0v) is 13.4. The Balaban J connectivity index is 1.39. The predicted molar refractivity (Wildman–Crippen MR) is 85.7 cm³/mol. The van der Waals surface area contributed by atoms with Crippen LogP contribution < -0.4 is 20.1 Å². The lowest BCUT2D eigenvalue weighted by Crippen LogP contribution is -2.40. The molecule has 2 heterocycles. The summed E-state index contributed by atoms with van der Waals surface area (Å²) in [6, 6.07) is 8.59. The van der Waals surface area contributed by atoms with Crippen LogP contribution in [-0.2, 0) is 16.1 Å². The third kappa shape index (κ3) is 4.30. The number of hydrogen-bond donors (Lipinski definition) is 3. The van der Waals surface area contributed by atoms with E-state index in [1.165, 1.54) is 6.26 Å². The normalized spacial score (nSPS) is 13.3. The number of nitrogens with one attached hydrogen (secondary N) is 2. The average Bonchev–Trinajstić information content (AvgIpc) is 3.30. The van der Waals surface area contributed by atoms with Crippen LogP contribution in [0.5, 0.6) is 11.5 Å². The lowest BCUT2D eigenvalue weighted by molar-refractivity contribution is -0.139. The summed E-state index contributed by atoms with van der Waals surface area (Å²) in [5.41, 5.74) is 0.790. The van der Waals surface area contributed by atoms with Crippen LogP contribution in [0, 0.1) is 0 Å². The lowest BCUT2D eigenvalue weighted by atomic mass is 10.2. The van der Waals surface area contributed by atoms with Gasteiger partial charge in [-0.05, 0) is 36.2 Å². The van der Waals surface area contributed by atoms with Gasteiger partial charge in [0.25, 0.3) is 0 Å². The van der Waals surface area contributed by atoms with Gasteiger partial charge in [0.1, 0.15) is 11.9 Å². The van der Waals surface area contributed by atoms with Crippen LogP contribution in [0.2, 0.25) is 0 Å². The number of aliphatic hydroxyl groups excluding tert-OH is 1. The number of rotatable bonds is 6. The number of amides is 2. The molecule has 3 N–H and O–H groups in total. The van der Waals surface area contributed by atoms with Gasteiger partial charge < -0.3 is 29.6 Å². The van der Waals surface area contributed by atoms with E-state index in [-0.39, 0.29) is 26.3 Å². The number of furan rings is 1. The zero-order chi connectivity index (χ0) is 17.6. The second-order valence-electron chi connectivity index (χ2n) is 5.45. The van der Waals surface area contributed by atoms with Crippen molar-refractivity contribution in [2.75, 3.05) is 13.3 Å². The minimum atomic E-state index is -0.827. The molecule has 2 aromatic rings. The van der Waals surface area contributed by atoms with E-state index in [0.717, 1.165) is 5.56 Å². The van der Waals surface area contributed by atoms with Crippen molar-refractivity contribution in [2.45, 2.75) is 19.1 Å². The van der Waals surface area contributed by atoms with E-state index in [9.17, 15) is 14.7 Å². The fourth-order valence-electron chi connectivity index (χ4n) is 2.34. The summed E-state index contributed by atoms with van der Waals surface area (Å²) in [6.07, 6.45) is 0.877. The molecule has 8 heteroatoms. The Morgan fingerprint density at radius 1 is 1.12 bits per heavy atom. The maximum atomic E-state index is 11.8. The first-order valence-electron chi connectivity index (χ1n) is 7.79. The molecule has 1 aromatic carbocycles. The Labute approximate surface area is 143 Å². The van der Waals surface area contributed by atoms with Gasteiger partial charge in [0.15, 0.2) is 11.5 Å². The fourth-order valence-corrected chi connectivity index (χ4v) is 2.34. The number of ether oxygens (including phenoxy) is 2. The largest absolute Gasteiger partial charge is 0.467 e. The van der Waals surface area contributed by atoms with Crippen molar-refractivity contribution in [3.05, 3.63) is 47.9 Å². The highest BCUT2D eigenvalue weighted by atomic mass is 16.7. The van der Waals surface area contributed by atoms with E-state index in [2.05, 4.69) is 10.6 Å². The highest BCUT2D eigenvalue weighted by Crippen LogP contribution is 2.32. The highest BCUT2D eigenvalue weighted by molar-refractivity contribution is 6.35. The van der Waals surface area contributed by atoms with Crippen molar-refractivity contribution in [1.82, 2.24) is 10.6 Å². The second-order valence-corrected chi connectivity index (χ2v) is 5.45. The first kappa shape index (κ1) is 16.8. The number of carbonyl (C=O) groups excluding carboxylic acids is 2. The van der Waals surface area contributed by atoms with Crippen LogP contribution in [0.3, 0.4) is 0 Å². The average molecular weight is 346 g/mol. The molecule has 1 aliphatic rings. The van der Waals surface area contributed by atoms with Crippen molar-refractivity contribution >= 4 is 11.8 Å². The van der Waals surface area contributed by atoms with Crippen molar-refractivity contribution in [3.8, 4) is 11.5 Å². The summed E-state index contributed by atoms with van der Waals surface area (Å²) in [5, 5.41) is 14.8.